The number of fused-ring (bicyclic) bond motifs is 1. The van der Waals surface area contributed by atoms with Crippen molar-refractivity contribution >= 4 is 0 Å². The van der Waals surface area contributed by atoms with Crippen molar-refractivity contribution in [1.82, 2.24) is 10.6 Å². The van der Waals surface area contributed by atoms with Crippen LogP contribution in [0, 0.1) is 5.92 Å². The van der Waals surface area contributed by atoms with Crippen LogP contribution in [0.3, 0.4) is 0 Å². The van der Waals surface area contributed by atoms with Crippen molar-refractivity contribution in [3.8, 4) is 0 Å². The molecule has 2 heteroatoms. The van der Waals surface area contributed by atoms with Gasteiger partial charge in [0.15, 0.2) is 0 Å². The molecular weight excluding hydrogens is 124 g/mol. The van der Waals surface area contributed by atoms with Gasteiger partial charge in [0.2, 0.25) is 0 Å². The van der Waals surface area contributed by atoms with Crippen LogP contribution in [0.1, 0.15) is 19.8 Å². The maximum atomic E-state index is 3.56. The topological polar surface area (TPSA) is 24.1 Å². The molecule has 1 saturated carbocycles. The molecule has 1 aliphatic heterocycles. The van der Waals surface area contributed by atoms with Crippen LogP contribution in [0.2, 0.25) is 0 Å². The van der Waals surface area contributed by atoms with E-state index in [9.17, 15) is 0 Å². The van der Waals surface area contributed by atoms with Crippen LogP contribution >= 0.6 is 0 Å². The molecule has 0 aromatic heterocycles. The van der Waals surface area contributed by atoms with E-state index >= 15 is 0 Å². The lowest BCUT2D eigenvalue weighted by molar-refractivity contribution is 0.506. The fourth-order valence-electron chi connectivity index (χ4n) is 1.74. The molecule has 58 valence electrons. The third kappa shape index (κ3) is 0.956. The lowest BCUT2D eigenvalue weighted by Gasteiger charge is -2.08. The summed E-state index contributed by atoms with van der Waals surface area (Å²) in [6, 6.07) is 1.70. The molecule has 2 nitrogen and oxygen atoms in total. The van der Waals surface area contributed by atoms with Crippen molar-refractivity contribution < 1.29 is 0 Å². The normalized spacial score (nSPS) is 42.3. The Morgan fingerprint density at radius 1 is 1.60 bits per heavy atom. The van der Waals surface area contributed by atoms with Gasteiger partial charge in [-0.05, 0) is 13.0 Å². The van der Waals surface area contributed by atoms with E-state index in [1.165, 1.54) is 25.9 Å². The third-order valence-corrected chi connectivity index (χ3v) is 2.67. The van der Waals surface area contributed by atoms with E-state index in [-0.39, 0.29) is 0 Å². The molecule has 0 spiro atoms. The molecule has 0 amide bonds. The maximum Gasteiger partial charge on any atom is 0.0280 e. The molecular formula is C8H16N2. The second-order valence-electron chi connectivity index (χ2n) is 3.43. The van der Waals surface area contributed by atoms with Gasteiger partial charge in [-0.2, -0.15) is 0 Å². The van der Waals surface area contributed by atoms with E-state index < -0.39 is 0 Å². The molecule has 0 radical (unpaired) electrons. The van der Waals surface area contributed by atoms with Crippen LogP contribution < -0.4 is 10.6 Å². The minimum atomic E-state index is 0.839. The zero-order chi connectivity index (χ0) is 6.97. The van der Waals surface area contributed by atoms with Crippen LogP contribution in [0.5, 0.6) is 0 Å². The molecule has 3 unspecified atom stereocenters. The quantitative estimate of drug-likeness (QED) is 0.550. The van der Waals surface area contributed by atoms with Crippen LogP contribution in [0.15, 0.2) is 0 Å². The Kier molecular flexibility index (Phi) is 1.66. The minimum absolute atomic E-state index is 0.839. The summed E-state index contributed by atoms with van der Waals surface area (Å²) in [5.41, 5.74) is 0. The van der Waals surface area contributed by atoms with E-state index in [1.807, 2.05) is 0 Å². The minimum Gasteiger partial charge on any atom is -0.312 e. The van der Waals surface area contributed by atoms with Crippen molar-refractivity contribution in [1.29, 1.82) is 0 Å². The van der Waals surface area contributed by atoms with Crippen LogP contribution in [-0.4, -0.2) is 25.2 Å². The van der Waals surface area contributed by atoms with Gasteiger partial charge < -0.3 is 10.6 Å². The Hall–Kier alpha value is -0.0800. The average molecular weight is 140 g/mol. The highest BCUT2D eigenvalue weighted by molar-refractivity contribution is 5.17. The summed E-state index contributed by atoms with van der Waals surface area (Å²) in [6.45, 7) is 4.71. The molecule has 10 heavy (non-hydrogen) atoms. The summed E-state index contributed by atoms with van der Waals surface area (Å²) in [5, 5.41) is 6.95. The fourth-order valence-corrected chi connectivity index (χ4v) is 1.74. The molecule has 0 aromatic rings. The zero-order valence-electron chi connectivity index (χ0n) is 6.56. The van der Waals surface area contributed by atoms with Gasteiger partial charge in [0, 0.05) is 24.5 Å². The first-order valence-electron chi connectivity index (χ1n) is 4.40. The summed E-state index contributed by atoms with van der Waals surface area (Å²) in [5.74, 6) is 0.997. The predicted octanol–water partition coefficient (Wildman–Crippen LogP) is 0.346. The highest BCUT2D eigenvalue weighted by atomic mass is 15.2. The van der Waals surface area contributed by atoms with Crippen molar-refractivity contribution in [2.75, 3.05) is 13.1 Å². The molecule has 1 aliphatic carbocycles. The van der Waals surface area contributed by atoms with E-state index in [2.05, 4.69) is 17.6 Å². The Morgan fingerprint density at radius 3 is 2.90 bits per heavy atom. The lowest BCUT2D eigenvalue weighted by atomic mass is 10.3. The molecule has 2 rings (SSSR count). The van der Waals surface area contributed by atoms with Crippen LogP contribution in [-0.2, 0) is 0 Å². The first-order chi connectivity index (χ1) is 4.93. The van der Waals surface area contributed by atoms with Gasteiger partial charge in [0.25, 0.3) is 0 Å². The Morgan fingerprint density at radius 2 is 2.40 bits per heavy atom. The van der Waals surface area contributed by atoms with Gasteiger partial charge in [-0.15, -0.1) is 0 Å². The molecule has 1 heterocycles. The summed E-state index contributed by atoms with van der Waals surface area (Å²) < 4.78 is 0. The highest BCUT2D eigenvalue weighted by Crippen LogP contribution is 2.37. The number of unbranched alkanes of at least 4 members (excludes halogenated alkanes) is 1. The Bertz CT molecular complexity index is 114. The smallest absolute Gasteiger partial charge is 0.0280 e. The Balaban J connectivity index is 1.56. The molecule has 0 bridgehead atoms. The molecule has 2 aliphatic rings. The van der Waals surface area contributed by atoms with Gasteiger partial charge in [-0.25, -0.2) is 0 Å². The van der Waals surface area contributed by atoms with Crippen LogP contribution in [0.4, 0.5) is 0 Å². The fraction of sp³-hybridized carbons (Fsp3) is 1.00. The van der Waals surface area contributed by atoms with Crippen molar-refractivity contribution in [2.45, 2.75) is 31.8 Å². The highest BCUT2D eigenvalue weighted by Gasteiger charge is 2.56. The lowest BCUT2D eigenvalue weighted by Crippen LogP contribution is -2.32. The molecule has 1 saturated heterocycles. The number of rotatable bonds is 4. The summed E-state index contributed by atoms with van der Waals surface area (Å²) >= 11 is 0. The van der Waals surface area contributed by atoms with Crippen molar-refractivity contribution in [2.24, 2.45) is 5.92 Å². The van der Waals surface area contributed by atoms with E-state index in [0.717, 1.165) is 18.0 Å². The predicted molar refractivity (Wildman–Crippen MR) is 42.0 cm³/mol. The number of hydrogen-bond donors (Lipinski definition) is 2. The monoisotopic (exact) mass is 140 g/mol. The first kappa shape index (κ1) is 6.62. The van der Waals surface area contributed by atoms with Gasteiger partial charge in [-0.3, -0.25) is 0 Å². The number of hydrogen-bond acceptors (Lipinski definition) is 2. The SMILES string of the molecule is CCCCNC1C2CNC21. The van der Waals surface area contributed by atoms with Gasteiger partial charge >= 0.3 is 0 Å². The standard InChI is InChI=1S/C8H16N2/c1-2-3-4-9-7-6-5-10-8(6)7/h6-10H,2-5H2,1H3. The maximum absolute atomic E-state index is 3.56. The van der Waals surface area contributed by atoms with E-state index in [0.29, 0.717) is 0 Å². The van der Waals surface area contributed by atoms with Crippen LogP contribution in [0.25, 0.3) is 0 Å². The summed E-state index contributed by atoms with van der Waals surface area (Å²) in [4.78, 5) is 0. The van der Waals surface area contributed by atoms with E-state index in [4.69, 9.17) is 0 Å². The zero-order valence-corrected chi connectivity index (χ0v) is 6.56. The van der Waals surface area contributed by atoms with Gasteiger partial charge in [-0.1, -0.05) is 13.3 Å². The molecule has 3 atom stereocenters. The van der Waals surface area contributed by atoms with Gasteiger partial charge in [0.1, 0.15) is 0 Å². The average Bonchev–Trinajstić information content (AvgIpc) is 2.33. The number of nitrogens with one attached hydrogen (secondary N) is 2. The van der Waals surface area contributed by atoms with E-state index in [1.54, 1.807) is 0 Å². The molecule has 2 fully saturated rings. The first-order valence-corrected chi connectivity index (χ1v) is 4.40. The Labute approximate surface area is 62.4 Å². The second kappa shape index (κ2) is 2.51. The molecule has 2 N–H and O–H groups in total. The van der Waals surface area contributed by atoms with Gasteiger partial charge in [0.05, 0.1) is 0 Å². The summed E-state index contributed by atoms with van der Waals surface area (Å²) in [6.07, 6.45) is 2.64. The summed E-state index contributed by atoms with van der Waals surface area (Å²) in [7, 11) is 0. The van der Waals surface area contributed by atoms with Crippen molar-refractivity contribution in [3.63, 3.8) is 0 Å². The largest absolute Gasteiger partial charge is 0.312 e. The molecule has 0 aromatic carbocycles. The second-order valence-corrected chi connectivity index (χ2v) is 3.43. The van der Waals surface area contributed by atoms with Crippen molar-refractivity contribution in [3.05, 3.63) is 0 Å². The third-order valence-electron chi connectivity index (χ3n) is 2.67.